The molecule has 15 heavy (non-hydrogen) atoms. The van der Waals surface area contributed by atoms with Crippen LogP contribution < -0.4 is 5.73 Å². The minimum atomic E-state index is 0.356. The maximum atomic E-state index is 5.67. The van der Waals surface area contributed by atoms with E-state index in [1.54, 1.807) is 0 Å². The predicted octanol–water partition coefficient (Wildman–Crippen LogP) is 1.48. The summed E-state index contributed by atoms with van der Waals surface area (Å²) < 4.78 is 8.04. The van der Waals surface area contributed by atoms with Crippen molar-refractivity contribution in [1.82, 2.24) is 14.8 Å². The van der Waals surface area contributed by atoms with Crippen molar-refractivity contribution in [3.05, 3.63) is 4.77 Å². The first kappa shape index (κ1) is 10.6. The topological polar surface area (TPSA) is 68.9 Å². The second kappa shape index (κ2) is 4.76. The highest BCUT2D eigenvalue weighted by molar-refractivity contribution is 7.71. The number of hydrogen-bond acceptors (Lipinski definition) is 4. The Hall–Kier alpha value is -0.880. The largest absolute Gasteiger partial charge is 0.378 e. The van der Waals surface area contributed by atoms with Crippen molar-refractivity contribution in [2.45, 2.75) is 38.3 Å². The number of aromatic amines is 1. The van der Waals surface area contributed by atoms with E-state index in [-0.39, 0.29) is 0 Å². The van der Waals surface area contributed by atoms with E-state index < -0.39 is 0 Å². The Morgan fingerprint density at radius 1 is 1.60 bits per heavy atom. The van der Waals surface area contributed by atoms with Gasteiger partial charge < -0.3 is 10.5 Å². The number of hydrogen-bond donors (Lipinski definition) is 2. The number of rotatable bonds is 3. The zero-order valence-electron chi connectivity index (χ0n) is 8.61. The summed E-state index contributed by atoms with van der Waals surface area (Å²) in [5.41, 5.74) is 5.67. The SMILES string of the molecule is Nc1n[nH]c(=S)n1CCC1CCCCO1. The predicted molar refractivity (Wildman–Crippen MR) is 60.0 cm³/mol. The van der Waals surface area contributed by atoms with Gasteiger partial charge in [0.25, 0.3) is 0 Å². The molecular formula is C9H16N4OS. The summed E-state index contributed by atoms with van der Waals surface area (Å²) in [6.07, 6.45) is 4.90. The monoisotopic (exact) mass is 228 g/mol. The molecule has 84 valence electrons. The summed E-state index contributed by atoms with van der Waals surface area (Å²) in [4.78, 5) is 0. The molecule has 1 unspecified atom stereocenters. The van der Waals surface area contributed by atoms with Crippen LogP contribution in [-0.2, 0) is 11.3 Å². The van der Waals surface area contributed by atoms with Crippen molar-refractivity contribution in [2.75, 3.05) is 12.3 Å². The molecule has 2 heterocycles. The van der Waals surface area contributed by atoms with Crippen LogP contribution >= 0.6 is 12.2 Å². The molecule has 0 bridgehead atoms. The highest BCUT2D eigenvalue weighted by Crippen LogP contribution is 2.16. The van der Waals surface area contributed by atoms with Gasteiger partial charge in [0.2, 0.25) is 5.95 Å². The van der Waals surface area contributed by atoms with Gasteiger partial charge in [-0.1, -0.05) is 0 Å². The fourth-order valence-corrected chi connectivity index (χ4v) is 2.08. The second-order valence-corrected chi connectivity index (χ2v) is 4.20. The Labute approximate surface area is 93.6 Å². The highest BCUT2D eigenvalue weighted by Gasteiger charge is 2.14. The van der Waals surface area contributed by atoms with Crippen LogP contribution in [0.25, 0.3) is 0 Å². The molecule has 0 amide bonds. The molecule has 0 saturated carbocycles. The number of aromatic nitrogens is 3. The lowest BCUT2D eigenvalue weighted by atomic mass is 10.1. The van der Waals surface area contributed by atoms with Gasteiger partial charge in [-0.3, -0.25) is 4.57 Å². The van der Waals surface area contributed by atoms with E-state index in [1.807, 2.05) is 4.57 Å². The molecular weight excluding hydrogens is 212 g/mol. The number of anilines is 1. The first-order valence-electron chi connectivity index (χ1n) is 5.29. The molecule has 1 saturated heterocycles. The van der Waals surface area contributed by atoms with Crippen molar-refractivity contribution >= 4 is 18.2 Å². The molecule has 2 rings (SSSR count). The number of nitrogens with two attached hydrogens (primary N) is 1. The van der Waals surface area contributed by atoms with Crippen LogP contribution in [0.1, 0.15) is 25.7 Å². The van der Waals surface area contributed by atoms with E-state index in [2.05, 4.69) is 10.2 Å². The smallest absolute Gasteiger partial charge is 0.220 e. The molecule has 1 fully saturated rings. The molecule has 1 aromatic rings. The summed E-state index contributed by atoms with van der Waals surface area (Å²) in [5, 5.41) is 6.54. The van der Waals surface area contributed by atoms with Crippen molar-refractivity contribution in [2.24, 2.45) is 0 Å². The molecule has 0 aromatic carbocycles. The third-order valence-electron chi connectivity index (χ3n) is 2.74. The number of nitrogen functional groups attached to an aromatic ring is 1. The number of H-pyrrole nitrogens is 1. The second-order valence-electron chi connectivity index (χ2n) is 3.82. The third-order valence-corrected chi connectivity index (χ3v) is 3.05. The first-order valence-corrected chi connectivity index (χ1v) is 5.70. The van der Waals surface area contributed by atoms with Gasteiger partial charge in [-0.2, -0.15) is 0 Å². The van der Waals surface area contributed by atoms with E-state index in [1.165, 1.54) is 12.8 Å². The molecule has 1 aliphatic heterocycles. The lowest BCUT2D eigenvalue weighted by Crippen LogP contribution is -2.21. The zero-order chi connectivity index (χ0) is 10.7. The van der Waals surface area contributed by atoms with Gasteiger partial charge in [-0.05, 0) is 37.9 Å². The molecule has 3 N–H and O–H groups in total. The van der Waals surface area contributed by atoms with Crippen molar-refractivity contribution in [3.63, 3.8) is 0 Å². The van der Waals surface area contributed by atoms with E-state index in [0.29, 0.717) is 16.8 Å². The Morgan fingerprint density at radius 2 is 2.47 bits per heavy atom. The fourth-order valence-electron chi connectivity index (χ4n) is 1.85. The Bertz CT molecular complexity index is 366. The van der Waals surface area contributed by atoms with Crippen LogP contribution in [0.15, 0.2) is 0 Å². The van der Waals surface area contributed by atoms with Crippen LogP contribution in [0.5, 0.6) is 0 Å². The van der Waals surface area contributed by atoms with E-state index in [9.17, 15) is 0 Å². The summed E-state index contributed by atoms with van der Waals surface area (Å²) in [7, 11) is 0. The van der Waals surface area contributed by atoms with E-state index >= 15 is 0 Å². The van der Waals surface area contributed by atoms with Crippen LogP contribution in [0.4, 0.5) is 5.95 Å². The summed E-state index contributed by atoms with van der Waals surface area (Å²) in [6, 6.07) is 0. The minimum Gasteiger partial charge on any atom is -0.378 e. The quantitative estimate of drug-likeness (QED) is 0.769. The van der Waals surface area contributed by atoms with Gasteiger partial charge in [0.15, 0.2) is 4.77 Å². The molecule has 5 nitrogen and oxygen atoms in total. The molecule has 0 spiro atoms. The first-order chi connectivity index (χ1) is 7.27. The van der Waals surface area contributed by atoms with Crippen molar-refractivity contribution in [3.8, 4) is 0 Å². The van der Waals surface area contributed by atoms with Crippen LogP contribution in [-0.4, -0.2) is 27.5 Å². The zero-order valence-corrected chi connectivity index (χ0v) is 9.42. The number of nitrogens with zero attached hydrogens (tertiary/aromatic N) is 2. The van der Waals surface area contributed by atoms with Crippen molar-refractivity contribution < 1.29 is 4.74 Å². The standard InChI is InChI=1S/C9H16N4OS/c10-8-11-12-9(15)13(8)5-4-7-3-1-2-6-14-7/h7H,1-6H2,(H2,10,11)(H,12,15). The number of ether oxygens (including phenoxy) is 1. The summed E-state index contributed by atoms with van der Waals surface area (Å²) in [5.74, 6) is 0.454. The number of nitrogens with one attached hydrogen (secondary N) is 1. The normalized spacial score (nSPS) is 21.7. The molecule has 1 aromatic heterocycles. The Kier molecular flexibility index (Phi) is 3.37. The molecule has 6 heteroatoms. The van der Waals surface area contributed by atoms with Gasteiger partial charge in [-0.15, -0.1) is 5.10 Å². The van der Waals surface area contributed by atoms with Gasteiger partial charge in [0.05, 0.1) is 6.10 Å². The van der Waals surface area contributed by atoms with E-state index in [0.717, 1.165) is 26.0 Å². The van der Waals surface area contributed by atoms with Gasteiger partial charge >= 0.3 is 0 Å². The Balaban J connectivity index is 1.89. The van der Waals surface area contributed by atoms with Crippen molar-refractivity contribution in [1.29, 1.82) is 0 Å². The van der Waals surface area contributed by atoms with E-state index in [4.69, 9.17) is 22.7 Å². The van der Waals surface area contributed by atoms with Crippen LogP contribution in [0.2, 0.25) is 0 Å². The van der Waals surface area contributed by atoms with Gasteiger partial charge in [0.1, 0.15) is 0 Å². The lowest BCUT2D eigenvalue weighted by Gasteiger charge is -2.22. The fraction of sp³-hybridized carbons (Fsp3) is 0.778. The van der Waals surface area contributed by atoms with Gasteiger partial charge in [-0.25, -0.2) is 5.10 Å². The minimum absolute atomic E-state index is 0.356. The van der Waals surface area contributed by atoms with Crippen LogP contribution in [0.3, 0.4) is 0 Å². The molecule has 1 atom stereocenters. The summed E-state index contributed by atoms with van der Waals surface area (Å²) in [6.45, 7) is 1.67. The Morgan fingerprint density at radius 3 is 3.07 bits per heavy atom. The lowest BCUT2D eigenvalue weighted by molar-refractivity contribution is 0.00883. The molecule has 1 aliphatic rings. The highest BCUT2D eigenvalue weighted by atomic mass is 32.1. The molecule has 0 radical (unpaired) electrons. The van der Waals surface area contributed by atoms with Gasteiger partial charge in [0, 0.05) is 13.2 Å². The maximum absolute atomic E-state index is 5.67. The summed E-state index contributed by atoms with van der Waals surface area (Å²) >= 11 is 5.06. The maximum Gasteiger partial charge on any atom is 0.220 e. The third kappa shape index (κ3) is 2.57. The van der Waals surface area contributed by atoms with Crippen LogP contribution in [0, 0.1) is 4.77 Å². The average molecular weight is 228 g/mol. The average Bonchev–Trinajstić information content (AvgIpc) is 2.58. The molecule has 0 aliphatic carbocycles.